The molecule has 1 rings (SSSR count). The highest BCUT2D eigenvalue weighted by Crippen LogP contribution is 2.15. The Bertz CT molecular complexity index is 382. The summed E-state index contributed by atoms with van der Waals surface area (Å²) in [6.45, 7) is 7.86. The maximum atomic E-state index is 11.8. The number of ether oxygens (including phenoxy) is 1. The summed E-state index contributed by atoms with van der Waals surface area (Å²) in [6, 6.07) is 0.241. The van der Waals surface area contributed by atoms with E-state index in [0.717, 1.165) is 18.9 Å². The number of nitrogens with one attached hydrogen (secondary N) is 2. The normalized spacial score (nSPS) is 15.5. The molecule has 1 aliphatic heterocycles. The lowest BCUT2D eigenvalue weighted by atomic mass is 10.1. The third-order valence-electron chi connectivity index (χ3n) is 3.17. The quantitative estimate of drug-likeness (QED) is 0.277. The molecule has 1 fully saturated rings. The molecule has 1 amide bonds. The maximum Gasteiger partial charge on any atom is 0.410 e. The number of guanidine groups is 1. The molecule has 8 heteroatoms. The van der Waals surface area contributed by atoms with Crippen LogP contribution >= 0.6 is 35.7 Å². The van der Waals surface area contributed by atoms with Gasteiger partial charge in [-0.15, -0.1) is 24.0 Å². The SMILES string of the molecule is CN=C(NCCCCSC)NC1CN(C(=O)OC(C)(C)C)C1.I. The van der Waals surface area contributed by atoms with Crippen molar-refractivity contribution in [2.45, 2.75) is 45.3 Å². The van der Waals surface area contributed by atoms with Gasteiger partial charge in [-0.2, -0.15) is 11.8 Å². The van der Waals surface area contributed by atoms with Crippen LogP contribution in [0.1, 0.15) is 33.6 Å². The third-order valence-corrected chi connectivity index (χ3v) is 3.86. The number of amides is 1. The van der Waals surface area contributed by atoms with Gasteiger partial charge in [0.25, 0.3) is 0 Å². The third kappa shape index (κ3) is 9.49. The van der Waals surface area contributed by atoms with Gasteiger partial charge in [0.1, 0.15) is 5.60 Å². The van der Waals surface area contributed by atoms with Crippen LogP contribution in [-0.4, -0.2) is 67.3 Å². The van der Waals surface area contributed by atoms with Crippen LogP contribution in [0.15, 0.2) is 4.99 Å². The summed E-state index contributed by atoms with van der Waals surface area (Å²) in [7, 11) is 1.77. The number of hydrogen-bond acceptors (Lipinski definition) is 4. The number of likely N-dealkylation sites (tertiary alicyclic amines) is 1. The first-order valence-electron chi connectivity index (χ1n) is 7.79. The summed E-state index contributed by atoms with van der Waals surface area (Å²) in [6.07, 6.45) is 4.23. The fourth-order valence-corrected chi connectivity index (χ4v) is 2.50. The second-order valence-corrected chi connectivity index (χ2v) is 7.41. The number of aliphatic imine (C=N–C) groups is 1. The number of carbonyl (C=O) groups excluding carboxylic acids is 1. The van der Waals surface area contributed by atoms with Gasteiger partial charge in [0, 0.05) is 26.7 Å². The van der Waals surface area contributed by atoms with Gasteiger partial charge in [-0.25, -0.2) is 4.79 Å². The van der Waals surface area contributed by atoms with Crippen molar-refractivity contribution in [1.82, 2.24) is 15.5 Å². The number of nitrogens with zero attached hydrogens (tertiary/aromatic N) is 2. The highest BCUT2D eigenvalue weighted by atomic mass is 127. The molecule has 0 unspecified atom stereocenters. The number of thioether (sulfide) groups is 1. The number of rotatable bonds is 6. The number of unbranched alkanes of at least 4 members (excludes halogenated alkanes) is 1. The van der Waals surface area contributed by atoms with Crippen molar-refractivity contribution in [3.63, 3.8) is 0 Å². The molecule has 0 radical (unpaired) electrons. The van der Waals surface area contributed by atoms with Crippen LogP contribution < -0.4 is 10.6 Å². The van der Waals surface area contributed by atoms with E-state index in [-0.39, 0.29) is 36.1 Å². The van der Waals surface area contributed by atoms with Gasteiger partial charge in [0.2, 0.25) is 0 Å². The van der Waals surface area contributed by atoms with Crippen molar-refractivity contribution in [3.8, 4) is 0 Å². The molecule has 0 spiro atoms. The maximum absolute atomic E-state index is 11.8. The van der Waals surface area contributed by atoms with Gasteiger partial charge in [-0.3, -0.25) is 4.99 Å². The van der Waals surface area contributed by atoms with Gasteiger partial charge in [-0.1, -0.05) is 0 Å². The molecule has 1 saturated heterocycles. The molecule has 1 heterocycles. The van der Waals surface area contributed by atoms with E-state index >= 15 is 0 Å². The predicted molar refractivity (Wildman–Crippen MR) is 109 cm³/mol. The molecule has 0 aromatic carbocycles. The zero-order valence-electron chi connectivity index (χ0n) is 14.8. The summed E-state index contributed by atoms with van der Waals surface area (Å²) >= 11 is 1.87. The minimum absolute atomic E-state index is 0. The van der Waals surface area contributed by atoms with Crippen molar-refractivity contribution in [1.29, 1.82) is 0 Å². The minimum Gasteiger partial charge on any atom is -0.444 e. The molecule has 136 valence electrons. The predicted octanol–water partition coefficient (Wildman–Crippen LogP) is 2.53. The topological polar surface area (TPSA) is 66.0 Å². The first-order chi connectivity index (χ1) is 10.4. The molecule has 0 aliphatic carbocycles. The van der Waals surface area contributed by atoms with Crippen LogP contribution in [0.5, 0.6) is 0 Å². The zero-order valence-corrected chi connectivity index (χ0v) is 18.0. The van der Waals surface area contributed by atoms with Gasteiger partial charge in [-0.05, 0) is 45.6 Å². The highest BCUT2D eigenvalue weighted by molar-refractivity contribution is 14.0. The van der Waals surface area contributed by atoms with E-state index in [0.29, 0.717) is 13.1 Å². The summed E-state index contributed by atoms with van der Waals surface area (Å²) in [5.41, 5.74) is -0.441. The van der Waals surface area contributed by atoms with E-state index in [2.05, 4.69) is 21.9 Å². The molecule has 23 heavy (non-hydrogen) atoms. The summed E-state index contributed by atoms with van der Waals surface area (Å²) in [5, 5.41) is 6.63. The zero-order chi connectivity index (χ0) is 16.6. The molecule has 0 aromatic heterocycles. The second-order valence-electron chi connectivity index (χ2n) is 6.43. The van der Waals surface area contributed by atoms with Crippen molar-refractivity contribution < 1.29 is 9.53 Å². The lowest BCUT2D eigenvalue weighted by molar-refractivity contribution is 0.00701. The van der Waals surface area contributed by atoms with E-state index in [1.807, 2.05) is 32.5 Å². The largest absolute Gasteiger partial charge is 0.444 e. The fourth-order valence-electron chi connectivity index (χ4n) is 2.01. The summed E-state index contributed by atoms with van der Waals surface area (Å²) in [4.78, 5) is 17.8. The standard InChI is InChI=1S/C15H30N4O2S.HI/c1-15(2,3)21-14(20)19-10-12(11-19)18-13(16-4)17-8-6-7-9-22-5;/h12H,6-11H2,1-5H3,(H2,16,17,18);1H. The van der Waals surface area contributed by atoms with Crippen LogP contribution in [0, 0.1) is 0 Å². The number of carbonyl (C=O) groups is 1. The van der Waals surface area contributed by atoms with Crippen LogP contribution in [0.3, 0.4) is 0 Å². The first kappa shape index (κ1) is 22.6. The molecule has 0 saturated carbocycles. The smallest absolute Gasteiger partial charge is 0.410 e. The van der Waals surface area contributed by atoms with E-state index in [1.165, 1.54) is 12.2 Å². The van der Waals surface area contributed by atoms with Gasteiger partial charge >= 0.3 is 6.09 Å². The second kappa shape index (κ2) is 11.2. The fraction of sp³-hybridized carbons (Fsp3) is 0.867. The van der Waals surface area contributed by atoms with Crippen molar-refractivity contribution >= 4 is 47.8 Å². The van der Waals surface area contributed by atoms with Gasteiger partial charge in [0.15, 0.2) is 5.96 Å². The van der Waals surface area contributed by atoms with Gasteiger partial charge in [0.05, 0.1) is 6.04 Å². The molecule has 2 N–H and O–H groups in total. The van der Waals surface area contributed by atoms with E-state index in [1.54, 1.807) is 11.9 Å². The van der Waals surface area contributed by atoms with Crippen LogP contribution in [0.4, 0.5) is 4.79 Å². The average molecular weight is 458 g/mol. The minimum atomic E-state index is -0.441. The monoisotopic (exact) mass is 458 g/mol. The van der Waals surface area contributed by atoms with Crippen molar-refractivity contribution in [3.05, 3.63) is 0 Å². The van der Waals surface area contributed by atoms with Crippen molar-refractivity contribution in [2.24, 2.45) is 4.99 Å². The molecule has 0 bridgehead atoms. The molecule has 1 aliphatic rings. The Morgan fingerprint density at radius 1 is 1.35 bits per heavy atom. The molecule has 6 nitrogen and oxygen atoms in total. The van der Waals surface area contributed by atoms with Crippen LogP contribution in [0.2, 0.25) is 0 Å². The van der Waals surface area contributed by atoms with Crippen molar-refractivity contribution in [2.75, 3.05) is 38.7 Å². The highest BCUT2D eigenvalue weighted by Gasteiger charge is 2.34. The first-order valence-corrected chi connectivity index (χ1v) is 9.19. The lowest BCUT2D eigenvalue weighted by Gasteiger charge is -2.40. The van der Waals surface area contributed by atoms with E-state index in [9.17, 15) is 4.79 Å². The Hall–Kier alpha value is -0.380. The van der Waals surface area contributed by atoms with Gasteiger partial charge < -0.3 is 20.3 Å². The van der Waals surface area contributed by atoms with E-state index in [4.69, 9.17) is 4.74 Å². The summed E-state index contributed by atoms with van der Waals surface area (Å²) in [5.74, 6) is 2.00. The summed E-state index contributed by atoms with van der Waals surface area (Å²) < 4.78 is 5.34. The Balaban J connectivity index is 0.00000484. The Morgan fingerprint density at radius 3 is 2.52 bits per heavy atom. The van der Waals surface area contributed by atoms with E-state index < -0.39 is 5.60 Å². The Morgan fingerprint density at radius 2 is 2.00 bits per heavy atom. The average Bonchev–Trinajstić information content (AvgIpc) is 2.37. The van der Waals surface area contributed by atoms with Crippen LogP contribution in [-0.2, 0) is 4.74 Å². The molecular weight excluding hydrogens is 427 g/mol. The van der Waals surface area contributed by atoms with Crippen LogP contribution in [0.25, 0.3) is 0 Å². The Kier molecular flexibility index (Phi) is 11.0. The number of hydrogen-bond donors (Lipinski definition) is 2. The number of halogens is 1. The lowest BCUT2D eigenvalue weighted by Crippen LogP contribution is -2.63. The Labute approximate surface area is 161 Å². The molecular formula is C15H31IN4O2S. The molecule has 0 atom stereocenters. The molecule has 0 aromatic rings.